The Labute approximate surface area is 118 Å². The molecule has 0 amide bonds. The van der Waals surface area contributed by atoms with E-state index in [2.05, 4.69) is 5.10 Å². The molecule has 4 nitrogen and oxygen atoms in total. The molecule has 0 bridgehead atoms. The number of carbonyl (C=O) groups is 1. The lowest BCUT2D eigenvalue weighted by molar-refractivity contribution is 0.0690. The molecule has 1 N–H and O–H groups in total. The molecule has 1 aromatic carbocycles. The summed E-state index contributed by atoms with van der Waals surface area (Å²) in [7, 11) is 0. The molecule has 1 aliphatic carbocycles. The first kappa shape index (κ1) is 12.9. The monoisotopic (exact) mass is 270 g/mol. The normalized spacial score (nSPS) is 15.7. The molecule has 0 unspecified atom stereocenters. The zero-order chi connectivity index (χ0) is 14.1. The molecule has 0 aliphatic heterocycles. The molecule has 1 aliphatic rings. The van der Waals surface area contributed by atoms with Crippen LogP contribution < -0.4 is 0 Å². The summed E-state index contributed by atoms with van der Waals surface area (Å²) in [6.07, 6.45) is 4.67. The summed E-state index contributed by atoms with van der Waals surface area (Å²) in [5, 5.41) is 13.5. The number of carboxylic acids is 1. The van der Waals surface area contributed by atoms with Gasteiger partial charge in [-0.1, -0.05) is 25.0 Å². The number of carboxylic acid groups (broad SMARTS) is 1. The fraction of sp³-hybridized carbons (Fsp3) is 0.375. The van der Waals surface area contributed by atoms with Gasteiger partial charge in [0.1, 0.15) is 0 Å². The number of aromatic carboxylic acids is 1. The molecule has 4 heteroatoms. The molecule has 104 valence electrons. The average Bonchev–Trinajstić information content (AvgIpc) is 3.07. The van der Waals surface area contributed by atoms with Gasteiger partial charge in [-0.15, -0.1) is 0 Å². The molecule has 20 heavy (non-hydrogen) atoms. The quantitative estimate of drug-likeness (QED) is 0.928. The van der Waals surface area contributed by atoms with Crippen LogP contribution in [0.1, 0.15) is 53.3 Å². The van der Waals surface area contributed by atoms with E-state index in [1.165, 1.54) is 12.8 Å². The zero-order valence-corrected chi connectivity index (χ0v) is 11.5. The Kier molecular flexibility index (Phi) is 3.30. The SMILES string of the molecule is Cc1cccc(-n2nc(C(=O)O)cc2C2CCCC2)c1. The van der Waals surface area contributed by atoms with Gasteiger partial charge in [0.25, 0.3) is 0 Å². The maximum Gasteiger partial charge on any atom is 0.356 e. The molecule has 1 saturated carbocycles. The fourth-order valence-electron chi connectivity index (χ4n) is 2.98. The fourth-order valence-corrected chi connectivity index (χ4v) is 2.98. The van der Waals surface area contributed by atoms with Gasteiger partial charge in [0.15, 0.2) is 5.69 Å². The van der Waals surface area contributed by atoms with Gasteiger partial charge >= 0.3 is 5.97 Å². The number of hydrogen-bond acceptors (Lipinski definition) is 2. The van der Waals surface area contributed by atoms with Crippen molar-refractivity contribution in [2.45, 2.75) is 38.5 Å². The number of hydrogen-bond donors (Lipinski definition) is 1. The lowest BCUT2D eigenvalue weighted by Crippen LogP contribution is -2.06. The number of aromatic nitrogens is 2. The molecule has 1 aromatic heterocycles. The van der Waals surface area contributed by atoms with E-state index in [-0.39, 0.29) is 5.69 Å². The molecule has 0 spiro atoms. The molecule has 0 radical (unpaired) electrons. The summed E-state index contributed by atoms with van der Waals surface area (Å²) in [6, 6.07) is 9.76. The Hall–Kier alpha value is -2.10. The lowest BCUT2D eigenvalue weighted by Gasteiger charge is -2.12. The second-order valence-corrected chi connectivity index (χ2v) is 5.49. The van der Waals surface area contributed by atoms with Gasteiger partial charge in [-0.05, 0) is 43.5 Å². The van der Waals surface area contributed by atoms with Crippen LogP contribution >= 0.6 is 0 Å². The lowest BCUT2D eigenvalue weighted by atomic mass is 10.0. The van der Waals surface area contributed by atoms with E-state index in [4.69, 9.17) is 0 Å². The third-order valence-corrected chi connectivity index (χ3v) is 3.98. The van der Waals surface area contributed by atoms with Crippen molar-refractivity contribution < 1.29 is 9.90 Å². The van der Waals surface area contributed by atoms with Crippen LogP contribution in [0.5, 0.6) is 0 Å². The second kappa shape index (κ2) is 5.12. The van der Waals surface area contributed by atoms with Crippen LogP contribution in [0.2, 0.25) is 0 Å². The van der Waals surface area contributed by atoms with E-state index >= 15 is 0 Å². The van der Waals surface area contributed by atoms with Gasteiger partial charge in [0.2, 0.25) is 0 Å². The highest BCUT2D eigenvalue weighted by molar-refractivity contribution is 5.85. The van der Waals surface area contributed by atoms with Gasteiger partial charge in [-0.3, -0.25) is 0 Å². The molecule has 1 heterocycles. The topological polar surface area (TPSA) is 55.1 Å². The Bertz CT molecular complexity index is 640. The van der Waals surface area contributed by atoms with Crippen LogP contribution in [0.3, 0.4) is 0 Å². The van der Waals surface area contributed by atoms with Crippen molar-refractivity contribution in [2.24, 2.45) is 0 Å². The van der Waals surface area contributed by atoms with E-state index in [1.807, 2.05) is 35.9 Å². The summed E-state index contributed by atoms with van der Waals surface area (Å²) in [6.45, 7) is 2.03. The van der Waals surface area contributed by atoms with Crippen LogP contribution in [0.15, 0.2) is 30.3 Å². The molecule has 0 saturated heterocycles. The average molecular weight is 270 g/mol. The Balaban J connectivity index is 2.10. The van der Waals surface area contributed by atoms with Crippen molar-refractivity contribution in [3.8, 4) is 5.69 Å². The van der Waals surface area contributed by atoms with Crippen molar-refractivity contribution in [3.63, 3.8) is 0 Å². The smallest absolute Gasteiger partial charge is 0.356 e. The summed E-state index contributed by atoms with van der Waals surface area (Å²) in [4.78, 5) is 11.2. The highest BCUT2D eigenvalue weighted by Gasteiger charge is 2.24. The largest absolute Gasteiger partial charge is 0.476 e. The number of nitrogens with zero attached hydrogens (tertiary/aromatic N) is 2. The Morgan fingerprint density at radius 2 is 2.05 bits per heavy atom. The number of rotatable bonds is 3. The second-order valence-electron chi connectivity index (χ2n) is 5.49. The van der Waals surface area contributed by atoms with E-state index < -0.39 is 5.97 Å². The molecular formula is C16H18N2O2. The molecule has 0 atom stereocenters. The van der Waals surface area contributed by atoms with Crippen molar-refractivity contribution in [1.29, 1.82) is 0 Å². The summed E-state index contributed by atoms with van der Waals surface area (Å²) < 4.78 is 1.81. The predicted octanol–water partition coefficient (Wildman–Crippen LogP) is 3.54. The first-order chi connectivity index (χ1) is 9.65. The summed E-state index contributed by atoms with van der Waals surface area (Å²) >= 11 is 0. The highest BCUT2D eigenvalue weighted by atomic mass is 16.4. The van der Waals surface area contributed by atoms with E-state index in [9.17, 15) is 9.90 Å². The maximum absolute atomic E-state index is 11.2. The minimum atomic E-state index is -0.962. The van der Waals surface area contributed by atoms with Crippen LogP contribution in [-0.4, -0.2) is 20.9 Å². The van der Waals surface area contributed by atoms with Gasteiger partial charge in [0, 0.05) is 11.6 Å². The van der Waals surface area contributed by atoms with E-state index in [0.717, 1.165) is 29.8 Å². The zero-order valence-electron chi connectivity index (χ0n) is 11.5. The minimum absolute atomic E-state index is 0.133. The standard InChI is InChI=1S/C16H18N2O2/c1-11-5-4-8-13(9-11)18-15(12-6-2-3-7-12)10-14(17-18)16(19)20/h4-5,8-10,12H,2-3,6-7H2,1H3,(H,19,20). The summed E-state index contributed by atoms with van der Waals surface area (Å²) in [5.74, 6) is -0.535. The molecule has 1 fully saturated rings. The third kappa shape index (κ3) is 2.33. The third-order valence-electron chi connectivity index (χ3n) is 3.98. The van der Waals surface area contributed by atoms with Crippen LogP contribution in [-0.2, 0) is 0 Å². The van der Waals surface area contributed by atoms with Crippen molar-refractivity contribution >= 4 is 5.97 Å². The number of aryl methyl sites for hydroxylation is 1. The highest BCUT2D eigenvalue weighted by Crippen LogP contribution is 2.35. The minimum Gasteiger partial charge on any atom is -0.476 e. The van der Waals surface area contributed by atoms with Gasteiger partial charge in [-0.2, -0.15) is 5.10 Å². The van der Waals surface area contributed by atoms with E-state index in [1.54, 1.807) is 6.07 Å². The van der Waals surface area contributed by atoms with Crippen molar-refractivity contribution in [3.05, 3.63) is 47.3 Å². The van der Waals surface area contributed by atoms with Gasteiger partial charge < -0.3 is 5.11 Å². The van der Waals surface area contributed by atoms with Crippen molar-refractivity contribution in [2.75, 3.05) is 0 Å². The van der Waals surface area contributed by atoms with Crippen LogP contribution in [0.25, 0.3) is 5.69 Å². The van der Waals surface area contributed by atoms with Gasteiger partial charge in [-0.25, -0.2) is 9.48 Å². The predicted molar refractivity (Wildman–Crippen MR) is 76.5 cm³/mol. The number of benzene rings is 1. The van der Waals surface area contributed by atoms with Crippen molar-refractivity contribution in [1.82, 2.24) is 9.78 Å². The van der Waals surface area contributed by atoms with Crippen LogP contribution in [0.4, 0.5) is 0 Å². The van der Waals surface area contributed by atoms with Crippen LogP contribution in [0, 0.1) is 6.92 Å². The van der Waals surface area contributed by atoms with Gasteiger partial charge in [0.05, 0.1) is 5.69 Å². The Morgan fingerprint density at radius 1 is 1.30 bits per heavy atom. The molecule has 3 rings (SSSR count). The maximum atomic E-state index is 11.2. The first-order valence-electron chi connectivity index (χ1n) is 7.05. The first-order valence-corrected chi connectivity index (χ1v) is 7.05. The molecule has 2 aromatic rings. The van der Waals surface area contributed by atoms with E-state index in [0.29, 0.717) is 5.92 Å². The summed E-state index contributed by atoms with van der Waals surface area (Å²) in [5.41, 5.74) is 3.26. The molecular weight excluding hydrogens is 252 g/mol. The Morgan fingerprint density at radius 3 is 2.70 bits per heavy atom.